The molecule has 1 aromatic carbocycles. The fourth-order valence-electron chi connectivity index (χ4n) is 3.27. The highest BCUT2D eigenvalue weighted by Crippen LogP contribution is 2.43. The molecule has 0 saturated heterocycles. The van der Waals surface area contributed by atoms with Gasteiger partial charge in [0.15, 0.2) is 0 Å². The van der Waals surface area contributed by atoms with Crippen LogP contribution < -0.4 is 11.1 Å². The van der Waals surface area contributed by atoms with Crippen LogP contribution in [0.15, 0.2) is 48.8 Å². The average Bonchev–Trinajstić information content (AvgIpc) is 2.63. The Labute approximate surface area is 150 Å². The molecule has 1 saturated carbocycles. The topological polar surface area (TPSA) is 89.6 Å². The Balaban J connectivity index is 1.47. The van der Waals surface area contributed by atoms with Gasteiger partial charge in [0.25, 0.3) is 0 Å². The highest BCUT2D eigenvalue weighted by molar-refractivity contribution is 5.60. The molecule has 7 heteroatoms. The van der Waals surface area contributed by atoms with E-state index in [2.05, 4.69) is 25.5 Å². The normalized spacial score (nSPS) is 15.3. The Kier molecular flexibility index (Phi) is 4.20. The number of anilines is 2. The molecule has 0 aliphatic heterocycles. The number of nitrogens with two attached hydrogens (primary N) is 1. The van der Waals surface area contributed by atoms with Crippen molar-refractivity contribution in [1.82, 2.24) is 20.2 Å². The van der Waals surface area contributed by atoms with Crippen LogP contribution in [0.5, 0.6) is 0 Å². The lowest BCUT2D eigenvalue weighted by Gasteiger charge is -2.41. The largest absolute Gasteiger partial charge is 0.399 e. The summed E-state index contributed by atoms with van der Waals surface area (Å²) >= 11 is 0. The SMILES string of the molecule is Nc1ccc(-c2cnc(NCC3(c4ncccc4F)CCC3)nn2)cc1. The van der Waals surface area contributed by atoms with Gasteiger partial charge in [-0.25, -0.2) is 9.37 Å². The van der Waals surface area contributed by atoms with Crippen molar-refractivity contribution in [3.8, 4) is 11.3 Å². The number of nitrogens with zero attached hydrogens (tertiary/aromatic N) is 4. The summed E-state index contributed by atoms with van der Waals surface area (Å²) in [4.78, 5) is 8.59. The number of halogens is 1. The number of hydrogen-bond donors (Lipinski definition) is 2. The summed E-state index contributed by atoms with van der Waals surface area (Å²) in [6, 6.07) is 10.4. The average molecular weight is 350 g/mol. The summed E-state index contributed by atoms with van der Waals surface area (Å²) < 4.78 is 14.2. The van der Waals surface area contributed by atoms with Gasteiger partial charge in [0.2, 0.25) is 5.95 Å². The molecule has 0 radical (unpaired) electrons. The van der Waals surface area contributed by atoms with Crippen LogP contribution in [0, 0.1) is 5.82 Å². The van der Waals surface area contributed by atoms with E-state index < -0.39 is 0 Å². The molecular formula is C19H19FN6. The number of nitrogens with one attached hydrogen (secondary N) is 1. The first-order valence-electron chi connectivity index (χ1n) is 8.57. The summed E-state index contributed by atoms with van der Waals surface area (Å²) in [5.74, 6) is 0.165. The second-order valence-electron chi connectivity index (χ2n) is 6.61. The minimum atomic E-state index is -0.301. The molecule has 0 bridgehead atoms. The van der Waals surface area contributed by atoms with Crippen molar-refractivity contribution >= 4 is 11.6 Å². The van der Waals surface area contributed by atoms with Crippen molar-refractivity contribution in [3.63, 3.8) is 0 Å². The van der Waals surface area contributed by atoms with E-state index in [-0.39, 0.29) is 11.2 Å². The van der Waals surface area contributed by atoms with Crippen molar-refractivity contribution in [2.45, 2.75) is 24.7 Å². The molecule has 2 aromatic heterocycles. The van der Waals surface area contributed by atoms with Gasteiger partial charge in [-0.2, -0.15) is 0 Å². The zero-order valence-corrected chi connectivity index (χ0v) is 14.2. The van der Waals surface area contributed by atoms with Gasteiger partial charge in [-0.05, 0) is 37.1 Å². The van der Waals surface area contributed by atoms with Gasteiger partial charge in [0, 0.05) is 29.4 Å². The Hall–Kier alpha value is -3.09. The van der Waals surface area contributed by atoms with Gasteiger partial charge in [-0.3, -0.25) is 4.98 Å². The number of benzene rings is 1. The summed E-state index contributed by atoms with van der Waals surface area (Å²) in [7, 11) is 0. The zero-order valence-electron chi connectivity index (χ0n) is 14.2. The van der Waals surface area contributed by atoms with Crippen molar-refractivity contribution in [2.24, 2.45) is 0 Å². The van der Waals surface area contributed by atoms with E-state index in [1.807, 2.05) is 24.3 Å². The summed E-state index contributed by atoms with van der Waals surface area (Å²) in [6.45, 7) is 0.532. The van der Waals surface area contributed by atoms with E-state index in [0.717, 1.165) is 24.8 Å². The van der Waals surface area contributed by atoms with E-state index in [1.165, 1.54) is 6.07 Å². The molecule has 3 N–H and O–H groups in total. The molecular weight excluding hydrogens is 331 g/mol. The van der Waals surface area contributed by atoms with Crippen molar-refractivity contribution in [1.29, 1.82) is 0 Å². The minimum Gasteiger partial charge on any atom is -0.399 e. The van der Waals surface area contributed by atoms with Crippen LogP contribution in [0.3, 0.4) is 0 Å². The smallest absolute Gasteiger partial charge is 0.242 e. The Morgan fingerprint density at radius 1 is 1.08 bits per heavy atom. The Bertz CT molecular complexity index is 891. The molecule has 3 aromatic rings. The monoisotopic (exact) mass is 350 g/mol. The van der Waals surface area contributed by atoms with Crippen molar-refractivity contribution in [2.75, 3.05) is 17.6 Å². The van der Waals surface area contributed by atoms with E-state index >= 15 is 0 Å². The third-order valence-corrected chi connectivity index (χ3v) is 4.92. The van der Waals surface area contributed by atoms with Gasteiger partial charge in [0.05, 0.1) is 11.9 Å². The molecule has 2 heterocycles. The second-order valence-corrected chi connectivity index (χ2v) is 6.61. The van der Waals surface area contributed by atoms with Gasteiger partial charge in [0.1, 0.15) is 11.5 Å². The predicted octanol–water partition coefficient (Wildman–Crippen LogP) is 3.19. The minimum absolute atomic E-state index is 0.258. The molecule has 1 fully saturated rings. The second kappa shape index (κ2) is 6.67. The lowest BCUT2D eigenvalue weighted by atomic mass is 9.66. The number of pyridine rings is 1. The molecule has 0 amide bonds. The maximum atomic E-state index is 14.2. The molecule has 1 aliphatic rings. The molecule has 0 atom stereocenters. The number of rotatable bonds is 5. The molecule has 6 nitrogen and oxygen atoms in total. The fourth-order valence-corrected chi connectivity index (χ4v) is 3.27. The predicted molar refractivity (Wildman–Crippen MR) is 97.9 cm³/mol. The quantitative estimate of drug-likeness (QED) is 0.687. The molecule has 4 rings (SSSR count). The Morgan fingerprint density at radius 2 is 1.88 bits per heavy atom. The molecule has 26 heavy (non-hydrogen) atoms. The highest BCUT2D eigenvalue weighted by Gasteiger charge is 2.41. The van der Waals surface area contributed by atoms with Crippen LogP contribution >= 0.6 is 0 Å². The summed E-state index contributed by atoms with van der Waals surface area (Å²) in [5, 5.41) is 11.5. The maximum Gasteiger partial charge on any atom is 0.242 e. The van der Waals surface area contributed by atoms with E-state index in [1.54, 1.807) is 18.5 Å². The number of nitrogen functional groups attached to an aromatic ring is 1. The van der Waals surface area contributed by atoms with E-state index in [4.69, 9.17) is 5.73 Å². The molecule has 132 valence electrons. The first kappa shape index (κ1) is 16.4. The standard InChI is InChI=1S/C19H19FN6/c20-15-3-1-10-22-17(15)19(8-2-9-19)12-24-18-23-11-16(25-26-18)13-4-6-14(21)7-5-13/h1,3-7,10-11H,2,8-9,12,21H2,(H,23,24,26). The van der Waals surface area contributed by atoms with Crippen LogP contribution in [0.1, 0.15) is 25.0 Å². The summed E-state index contributed by atoms with van der Waals surface area (Å²) in [5.41, 5.74) is 8.18. The fraction of sp³-hybridized carbons (Fsp3) is 0.263. The van der Waals surface area contributed by atoms with Gasteiger partial charge in [-0.1, -0.05) is 18.6 Å². The lowest BCUT2D eigenvalue weighted by molar-refractivity contribution is 0.243. The van der Waals surface area contributed by atoms with Crippen LogP contribution in [0.4, 0.5) is 16.0 Å². The van der Waals surface area contributed by atoms with Gasteiger partial charge in [-0.15, -0.1) is 10.2 Å². The van der Waals surface area contributed by atoms with Crippen LogP contribution in [0.25, 0.3) is 11.3 Å². The molecule has 0 unspecified atom stereocenters. The highest BCUT2D eigenvalue weighted by atomic mass is 19.1. The van der Waals surface area contributed by atoms with E-state index in [0.29, 0.717) is 29.6 Å². The lowest BCUT2D eigenvalue weighted by Crippen LogP contribution is -2.42. The molecule has 0 spiro atoms. The van der Waals surface area contributed by atoms with Gasteiger partial charge >= 0.3 is 0 Å². The van der Waals surface area contributed by atoms with E-state index in [9.17, 15) is 4.39 Å². The van der Waals surface area contributed by atoms with Crippen molar-refractivity contribution in [3.05, 3.63) is 60.3 Å². The first-order valence-corrected chi connectivity index (χ1v) is 8.57. The molecule has 1 aliphatic carbocycles. The van der Waals surface area contributed by atoms with Crippen LogP contribution in [-0.2, 0) is 5.41 Å². The third-order valence-electron chi connectivity index (χ3n) is 4.92. The third kappa shape index (κ3) is 3.08. The zero-order chi connectivity index (χ0) is 18.0. The number of aromatic nitrogens is 4. The first-order chi connectivity index (χ1) is 12.7. The number of hydrogen-bond acceptors (Lipinski definition) is 6. The Morgan fingerprint density at radius 3 is 2.50 bits per heavy atom. The van der Waals surface area contributed by atoms with Gasteiger partial charge < -0.3 is 11.1 Å². The van der Waals surface area contributed by atoms with Crippen LogP contribution in [-0.4, -0.2) is 26.7 Å². The maximum absolute atomic E-state index is 14.2. The summed E-state index contributed by atoms with van der Waals surface area (Å²) in [6.07, 6.45) is 6.15. The van der Waals surface area contributed by atoms with Crippen LogP contribution in [0.2, 0.25) is 0 Å². The van der Waals surface area contributed by atoms with Crippen molar-refractivity contribution < 1.29 is 4.39 Å².